The zero-order chi connectivity index (χ0) is 19.0. The Morgan fingerprint density at radius 1 is 1.11 bits per heavy atom. The molecule has 1 atom stereocenters. The SMILES string of the molecule is Cc1c[s+](-c2cccc(C(=O)OC(C)(C)C3=CCCC3)c2)c2ccccc12. The number of rotatable bonds is 4. The number of hydrogen-bond acceptors (Lipinski definition) is 2. The topological polar surface area (TPSA) is 26.3 Å². The van der Waals surface area contributed by atoms with Crippen molar-refractivity contribution in [1.29, 1.82) is 0 Å². The number of esters is 1. The first kappa shape index (κ1) is 18.0. The fourth-order valence-corrected chi connectivity index (χ4v) is 5.98. The first-order valence-corrected chi connectivity index (χ1v) is 10.8. The molecule has 0 amide bonds. The number of carbonyl (C=O) groups excluding carboxylic acids is 1. The summed E-state index contributed by atoms with van der Waals surface area (Å²) in [4.78, 5) is 14.0. The molecule has 0 saturated heterocycles. The number of benzene rings is 2. The van der Waals surface area contributed by atoms with Crippen LogP contribution in [0.1, 0.15) is 49.0 Å². The van der Waals surface area contributed by atoms with Crippen molar-refractivity contribution in [3.63, 3.8) is 0 Å². The second-order valence-electron chi connectivity index (χ2n) is 7.68. The summed E-state index contributed by atoms with van der Waals surface area (Å²) in [5, 5.41) is 3.62. The van der Waals surface area contributed by atoms with Gasteiger partial charge >= 0.3 is 5.97 Å². The van der Waals surface area contributed by atoms with E-state index in [1.165, 1.54) is 21.2 Å². The molecule has 1 unspecified atom stereocenters. The highest BCUT2D eigenvalue weighted by molar-refractivity contribution is 7.43. The van der Waals surface area contributed by atoms with Crippen LogP contribution in [0.3, 0.4) is 0 Å². The van der Waals surface area contributed by atoms with E-state index in [1.807, 2.05) is 32.0 Å². The molecule has 0 radical (unpaired) electrons. The smallest absolute Gasteiger partial charge is 0.339 e. The lowest BCUT2D eigenvalue weighted by atomic mass is 9.97. The Balaban J connectivity index is 1.65. The van der Waals surface area contributed by atoms with Gasteiger partial charge in [-0.1, -0.05) is 24.3 Å². The Labute approximate surface area is 163 Å². The van der Waals surface area contributed by atoms with E-state index in [-0.39, 0.29) is 16.4 Å². The summed E-state index contributed by atoms with van der Waals surface area (Å²) in [6, 6.07) is 16.4. The summed E-state index contributed by atoms with van der Waals surface area (Å²) < 4.78 is 7.23. The average molecular weight is 378 g/mol. The van der Waals surface area contributed by atoms with Crippen molar-refractivity contribution in [3.05, 3.63) is 76.7 Å². The molecule has 0 bridgehead atoms. The highest BCUT2D eigenvalue weighted by Crippen LogP contribution is 2.42. The fraction of sp³-hybridized carbons (Fsp3) is 0.292. The van der Waals surface area contributed by atoms with Gasteiger partial charge in [0.1, 0.15) is 11.0 Å². The van der Waals surface area contributed by atoms with Crippen LogP contribution in [-0.2, 0) is 4.74 Å². The molecule has 3 heteroatoms. The zero-order valence-electron chi connectivity index (χ0n) is 16.1. The number of thiophene rings is 1. The van der Waals surface area contributed by atoms with Crippen LogP contribution >= 0.6 is 10.5 Å². The van der Waals surface area contributed by atoms with Crippen LogP contribution in [0.25, 0.3) is 15.0 Å². The molecule has 27 heavy (non-hydrogen) atoms. The third-order valence-electron chi connectivity index (χ3n) is 5.33. The molecule has 138 valence electrons. The van der Waals surface area contributed by atoms with Gasteiger partial charge in [0.15, 0.2) is 9.60 Å². The summed E-state index contributed by atoms with van der Waals surface area (Å²) in [6.07, 6.45) is 5.47. The van der Waals surface area contributed by atoms with E-state index in [9.17, 15) is 4.79 Å². The molecular weight excluding hydrogens is 352 g/mol. The number of carbonyl (C=O) groups is 1. The molecule has 0 saturated carbocycles. The van der Waals surface area contributed by atoms with Gasteiger partial charge in [0, 0.05) is 27.5 Å². The molecule has 0 fully saturated rings. The molecule has 4 rings (SSSR count). The molecule has 0 spiro atoms. The molecule has 1 aromatic heterocycles. The largest absolute Gasteiger partial charge is 0.452 e. The molecule has 0 N–H and O–H groups in total. The molecule has 1 heterocycles. The van der Waals surface area contributed by atoms with Gasteiger partial charge in [0.25, 0.3) is 0 Å². The van der Waals surface area contributed by atoms with Crippen LogP contribution in [0.4, 0.5) is 0 Å². The van der Waals surface area contributed by atoms with Crippen LogP contribution in [0.5, 0.6) is 0 Å². The summed E-state index contributed by atoms with van der Waals surface area (Å²) in [7, 11) is -0.129. The van der Waals surface area contributed by atoms with Crippen LogP contribution in [0.2, 0.25) is 0 Å². The maximum Gasteiger partial charge on any atom is 0.339 e. The monoisotopic (exact) mass is 377 g/mol. The second-order valence-corrected chi connectivity index (χ2v) is 9.51. The number of ether oxygens (including phenoxy) is 1. The maximum atomic E-state index is 12.8. The Kier molecular flexibility index (Phi) is 4.65. The summed E-state index contributed by atoms with van der Waals surface area (Å²) in [5.41, 5.74) is 2.62. The molecular formula is C24H25O2S+. The van der Waals surface area contributed by atoms with E-state index < -0.39 is 5.60 Å². The number of aryl methyl sites for hydroxylation is 1. The standard InChI is InChI=1S/C24H25O2S/c1-17-16-27(22-14-7-6-13-21(17)22)20-12-8-9-18(15-20)23(25)26-24(2,3)19-10-4-5-11-19/h6-10,12-16H,4-5,11H2,1-3H3/q+1. The molecule has 0 aliphatic heterocycles. The molecule has 3 aromatic rings. The minimum absolute atomic E-state index is 0.129. The Morgan fingerprint density at radius 2 is 1.93 bits per heavy atom. The van der Waals surface area contributed by atoms with E-state index >= 15 is 0 Å². The van der Waals surface area contributed by atoms with Gasteiger partial charge in [-0.3, -0.25) is 0 Å². The lowest BCUT2D eigenvalue weighted by molar-refractivity contribution is 0.0126. The van der Waals surface area contributed by atoms with Gasteiger partial charge in [0.05, 0.1) is 5.56 Å². The van der Waals surface area contributed by atoms with Crippen LogP contribution in [0.15, 0.2) is 65.6 Å². The summed E-state index contributed by atoms with van der Waals surface area (Å²) >= 11 is 0. The highest BCUT2D eigenvalue weighted by Gasteiger charge is 2.30. The average Bonchev–Trinajstić information content (AvgIpc) is 3.31. The number of hydrogen-bond donors (Lipinski definition) is 0. The van der Waals surface area contributed by atoms with Gasteiger partial charge in [-0.25, -0.2) is 4.79 Å². The maximum absolute atomic E-state index is 12.8. The van der Waals surface area contributed by atoms with E-state index in [4.69, 9.17) is 4.74 Å². The second kappa shape index (κ2) is 6.97. The third-order valence-corrected chi connectivity index (χ3v) is 7.51. The van der Waals surface area contributed by atoms with Gasteiger partial charge in [0.2, 0.25) is 0 Å². The van der Waals surface area contributed by atoms with Gasteiger partial charge in [-0.15, -0.1) is 0 Å². The van der Waals surface area contributed by atoms with E-state index in [2.05, 4.69) is 48.7 Å². The van der Waals surface area contributed by atoms with Crippen molar-refractivity contribution < 1.29 is 9.53 Å². The number of allylic oxidation sites excluding steroid dienone is 1. The van der Waals surface area contributed by atoms with Gasteiger partial charge in [-0.05, 0) is 69.9 Å². The lowest BCUT2D eigenvalue weighted by Crippen LogP contribution is -2.29. The third kappa shape index (κ3) is 3.44. The van der Waals surface area contributed by atoms with Crippen LogP contribution in [0, 0.1) is 6.92 Å². The Morgan fingerprint density at radius 3 is 2.70 bits per heavy atom. The predicted molar refractivity (Wildman–Crippen MR) is 114 cm³/mol. The van der Waals surface area contributed by atoms with Crippen molar-refractivity contribution in [1.82, 2.24) is 0 Å². The van der Waals surface area contributed by atoms with Gasteiger partial charge in [-0.2, -0.15) is 0 Å². The van der Waals surface area contributed by atoms with E-state index in [0.29, 0.717) is 5.56 Å². The fourth-order valence-electron chi connectivity index (χ4n) is 3.82. The minimum atomic E-state index is -0.539. The van der Waals surface area contributed by atoms with Crippen LogP contribution < -0.4 is 0 Å². The van der Waals surface area contributed by atoms with Crippen molar-refractivity contribution in [2.45, 2.75) is 45.6 Å². The van der Waals surface area contributed by atoms with Crippen molar-refractivity contribution in [2.24, 2.45) is 0 Å². The van der Waals surface area contributed by atoms with Crippen molar-refractivity contribution >= 4 is 26.5 Å². The Hall–Kier alpha value is -2.39. The van der Waals surface area contributed by atoms with Crippen LogP contribution in [-0.4, -0.2) is 11.6 Å². The summed E-state index contributed by atoms with van der Waals surface area (Å²) in [5.74, 6) is -0.244. The highest BCUT2D eigenvalue weighted by atomic mass is 32.2. The van der Waals surface area contributed by atoms with Crippen molar-refractivity contribution in [3.8, 4) is 4.90 Å². The normalized spacial score (nSPS) is 15.1. The minimum Gasteiger partial charge on any atom is -0.452 e. The lowest BCUT2D eigenvalue weighted by Gasteiger charge is -2.26. The van der Waals surface area contributed by atoms with E-state index in [1.54, 1.807) is 0 Å². The zero-order valence-corrected chi connectivity index (χ0v) is 16.9. The first-order valence-electron chi connectivity index (χ1n) is 9.49. The summed E-state index contributed by atoms with van der Waals surface area (Å²) in [6.45, 7) is 6.14. The molecule has 1 aliphatic carbocycles. The predicted octanol–water partition coefficient (Wildman–Crippen LogP) is 6.93. The molecule has 2 nitrogen and oxygen atoms in total. The van der Waals surface area contributed by atoms with Crippen molar-refractivity contribution in [2.75, 3.05) is 0 Å². The van der Waals surface area contributed by atoms with E-state index in [0.717, 1.165) is 24.2 Å². The molecule has 1 aliphatic rings. The first-order chi connectivity index (χ1) is 13.0. The Bertz CT molecular complexity index is 1040. The number of fused-ring (bicyclic) bond motifs is 1. The molecule has 2 aromatic carbocycles. The quantitative estimate of drug-likeness (QED) is 0.280. The van der Waals surface area contributed by atoms with Gasteiger partial charge < -0.3 is 4.74 Å².